The van der Waals surface area contributed by atoms with E-state index in [1.807, 2.05) is 133 Å². The number of aliphatic hydroxyl groups excluding tert-OH is 1. The van der Waals surface area contributed by atoms with Gasteiger partial charge in [-0.2, -0.15) is 0 Å². The zero-order chi connectivity index (χ0) is 46.0. The first kappa shape index (κ1) is 51.1. The predicted octanol–water partition coefficient (Wildman–Crippen LogP) is 7.04. The third-order valence-corrected chi connectivity index (χ3v) is 9.97. The number of hydrogen-bond donors (Lipinski definition) is 4. The third kappa shape index (κ3) is 17.6. The lowest BCUT2D eigenvalue weighted by molar-refractivity contribution is -0.140. The summed E-state index contributed by atoms with van der Waals surface area (Å²) < 4.78 is 11.5. The largest absolute Gasteiger partial charge is 0.449 e. The van der Waals surface area contributed by atoms with Crippen LogP contribution in [0.2, 0.25) is 0 Å². The Morgan fingerprint density at radius 2 is 1.21 bits per heavy atom. The van der Waals surface area contributed by atoms with Crippen LogP contribution in [0.5, 0.6) is 0 Å². The van der Waals surface area contributed by atoms with Crippen molar-refractivity contribution in [2.75, 3.05) is 13.2 Å². The van der Waals surface area contributed by atoms with E-state index < -0.39 is 59.9 Å². The molecule has 0 aliphatic carbocycles. The van der Waals surface area contributed by atoms with Gasteiger partial charge in [0.1, 0.15) is 17.7 Å². The second-order valence-corrected chi connectivity index (χ2v) is 18.3. The zero-order valence-corrected chi connectivity index (χ0v) is 38.2. The molecule has 0 unspecified atom stereocenters. The summed E-state index contributed by atoms with van der Waals surface area (Å²) in [5.41, 5.74) is 7.80. The molecule has 0 saturated carbocycles. The van der Waals surface area contributed by atoms with Crippen LogP contribution >= 0.6 is 0 Å². The summed E-state index contributed by atoms with van der Waals surface area (Å²) in [6.45, 7) is 16.7. The molecule has 3 aromatic carbocycles. The number of rotatable bonds is 22. The van der Waals surface area contributed by atoms with Gasteiger partial charge >= 0.3 is 12.2 Å². The predicted molar refractivity (Wildman–Crippen MR) is 242 cm³/mol. The van der Waals surface area contributed by atoms with Crippen molar-refractivity contribution in [1.29, 1.82) is 0 Å². The highest BCUT2D eigenvalue weighted by atomic mass is 16.6. The van der Waals surface area contributed by atoms with Gasteiger partial charge in [-0.25, -0.2) is 14.5 Å². The lowest BCUT2D eigenvalue weighted by Crippen LogP contribution is -2.60. The molecule has 3 rings (SSSR count). The topological polar surface area (TPSA) is 181 Å². The van der Waals surface area contributed by atoms with Crippen LogP contribution in [0.25, 0.3) is 0 Å². The number of imide groups is 1. The fourth-order valence-electron chi connectivity index (χ4n) is 6.96. The maximum absolute atomic E-state index is 15.0. The molecule has 0 saturated heterocycles. The molecular weight excluding hydrogens is 787 g/mol. The molecule has 0 fully saturated rings. The molecular formula is C49H71N5O8. The first-order chi connectivity index (χ1) is 29.2. The fourth-order valence-corrected chi connectivity index (χ4v) is 6.96. The number of hydrogen-bond acceptors (Lipinski definition) is 9. The van der Waals surface area contributed by atoms with E-state index in [2.05, 4.69) is 10.6 Å². The lowest BCUT2D eigenvalue weighted by Gasteiger charge is -2.38. The number of benzene rings is 3. The summed E-state index contributed by atoms with van der Waals surface area (Å²) in [5, 5.41) is 18.0. The molecule has 13 heteroatoms. The van der Waals surface area contributed by atoms with Crippen molar-refractivity contribution in [2.45, 2.75) is 137 Å². The molecule has 0 aromatic heterocycles. The number of aliphatic hydroxyl groups is 1. The van der Waals surface area contributed by atoms with E-state index in [1.54, 1.807) is 20.8 Å². The fraction of sp³-hybridized carbons (Fsp3) is 0.531. The smallest absolute Gasteiger partial charge is 0.417 e. The van der Waals surface area contributed by atoms with E-state index in [9.17, 15) is 24.3 Å². The van der Waals surface area contributed by atoms with Crippen LogP contribution in [0.4, 0.5) is 9.59 Å². The molecule has 5 N–H and O–H groups in total. The number of amides is 5. The second kappa shape index (κ2) is 25.0. The Morgan fingerprint density at radius 3 is 1.71 bits per heavy atom. The van der Waals surface area contributed by atoms with Gasteiger partial charge in [-0.15, -0.1) is 0 Å². The van der Waals surface area contributed by atoms with E-state index in [-0.39, 0.29) is 69.0 Å². The maximum Gasteiger partial charge on any atom is 0.417 e. The van der Waals surface area contributed by atoms with E-state index in [0.29, 0.717) is 12.0 Å². The molecule has 5 amide bonds. The van der Waals surface area contributed by atoms with Gasteiger partial charge in [-0.05, 0) is 80.9 Å². The lowest BCUT2D eigenvalue weighted by atomic mass is 9.94. The number of nitrogens with one attached hydrogen (secondary N) is 2. The minimum atomic E-state index is -1.41. The highest BCUT2D eigenvalue weighted by Gasteiger charge is 2.42. The van der Waals surface area contributed by atoms with Gasteiger partial charge in [-0.1, -0.05) is 133 Å². The summed E-state index contributed by atoms with van der Waals surface area (Å²) >= 11 is 0. The summed E-state index contributed by atoms with van der Waals surface area (Å²) in [4.78, 5) is 73.3. The molecule has 13 nitrogen and oxygen atoms in total. The number of ether oxygens (including phenoxy) is 2. The molecule has 340 valence electrons. The van der Waals surface area contributed by atoms with Crippen LogP contribution in [-0.2, 0) is 43.2 Å². The van der Waals surface area contributed by atoms with Crippen LogP contribution in [0, 0.1) is 17.8 Å². The number of nitrogens with zero attached hydrogens (tertiary/aromatic N) is 2. The van der Waals surface area contributed by atoms with Gasteiger partial charge < -0.3 is 30.9 Å². The highest BCUT2D eigenvalue weighted by Crippen LogP contribution is 2.25. The summed E-state index contributed by atoms with van der Waals surface area (Å²) in [7, 11) is 0. The first-order valence-corrected chi connectivity index (χ1v) is 21.9. The maximum atomic E-state index is 15.0. The quantitative estimate of drug-likeness (QED) is 0.0825. The average Bonchev–Trinajstić information content (AvgIpc) is 3.21. The molecule has 0 radical (unpaired) electrons. The normalized spacial score (nSPS) is 14.0. The van der Waals surface area contributed by atoms with Crippen molar-refractivity contribution in [3.63, 3.8) is 0 Å². The van der Waals surface area contributed by atoms with Gasteiger partial charge in [0.15, 0.2) is 0 Å². The molecule has 3 aromatic rings. The van der Waals surface area contributed by atoms with Gasteiger partial charge in [0.25, 0.3) is 5.91 Å². The second-order valence-electron chi connectivity index (χ2n) is 18.3. The number of nitrogens with two attached hydrogens (primary N) is 1. The van der Waals surface area contributed by atoms with Gasteiger partial charge in [-0.3, -0.25) is 19.3 Å². The van der Waals surface area contributed by atoms with Crippen LogP contribution in [0.1, 0.15) is 98.3 Å². The van der Waals surface area contributed by atoms with Crippen molar-refractivity contribution >= 4 is 29.9 Å². The number of carbonyl (C=O) groups excluding carboxylic acids is 5. The zero-order valence-electron chi connectivity index (χ0n) is 38.2. The van der Waals surface area contributed by atoms with Gasteiger partial charge in [0.05, 0.1) is 24.8 Å². The van der Waals surface area contributed by atoms with Crippen molar-refractivity contribution < 1.29 is 38.6 Å². The van der Waals surface area contributed by atoms with Crippen molar-refractivity contribution in [2.24, 2.45) is 23.5 Å². The molecule has 0 bridgehead atoms. The SMILES string of the molecule is CC(C)COC(=O)N(CC[C@H](O)[C@H](CC(C)C)N(C(=O)OC(C)(C)C)C(=O)[C@H](Cc1ccccc1)NC(=O)[C@@H](N)Cc1ccccc1)[C@@H](CC(C)C)C(=O)NCc1ccccc1. The molecule has 0 spiro atoms. The monoisotopic (exact) mass is 858 g/mol. The van der Waals surface area contributed by atoms with Crippen molar-refractivity contribution in [3.8, 4) is 0 Å². The Hall–Kier alpha value is -5.27. The molecule has 5 atom stereocenters. The summed E-state index contributed by atoms with van der Waals surface area (Å²) in [6.07, 6.45) is -2.59. The third-order valence-electron chi connectivity index (χ3n) is 9.97. The van der Waals surface area contributed by atoms with Crippen LogP contribution in [-0.4, -0.2) is 93.8 Å². The molecule has 62 heavy (non-hydrogen) atoms. The van der Waals surface area contributed by atoms with E-state index in [0.717, 1.165) is 16.0 Å². The minimum Gasteiger partial charge on any atom is -0.449 e. The van der Waals surface area contributed by atoms with E-state index in [1.165, 1.54) is 4.90 Å². The Morgan fingerprint density at radius 1 is 0.694 bits per heavy atom. The first-order valence-electron chi connectivity index (χ1n) is 21.9. The minimum absolute atomic E-state index is 0.000613. The highest BCUT2D eigenvalue weighted by molar-refractivity contribution is 5.98. The van der Waals surface area contributed by atoms with E-state index in [4.69, 9.17) is 15.2 Å². The van der Waals surface area contributed by atoms with Crippen LogP contribution < -0.4 is 16.4 Å². The molecule has 0 aliphatic rings. The Bertz CT molecular complexity index is 1840. The van der Waals surface area contributed by atoms with E-state index >= 15 is 4.79 Å². The van der Waals surface area contributed by atoms with Gasteiger partial charge in [0, 0.05) is 19.5 Å². The average molecular weight is 858 g/mol. The molecule has 0 heterocycles. The number of carbonyl (C=O) groups is 5. The molecule has 0 aliphatic heterocycles. The summed E-state index contributed by atoms with van der Waals surface area (Å²) in [5.74, 6) is -1.89. The Balaban J connectivity index is 2.05. The van der Waals surface area contributed by atoms with Crippen LogP contribution in [0.15, 0.2) is 91.0 Å². The van der Waals surface area contributed by atoms with Crippen molar-refractivity contribution in [3.05, 3.63) is 108 Å². The Kier molecular flexibility index (Phi) is 20.6. The van der Waals surface area contributed by atoms with Crippen LogP contribution in [0.3, 0.4) is 0 Å². The standard InChI is InChI=1S/C49H71N5O8/c1-33(2)27-41(43(55)25-26-53(47(59)61-32-35(5)6)42(28-34(3)4)45(57)51-31-38-23-17-12-18-24-38)54(48(60)62-49(7,8)9)46(58)40(30-37-21-15-11-16-22-37)52-44(56)39(50)29-36-19-13-10-14-20-36/h10-24,33-35,39-43,55H,25-32,50H2,1-9H3,(H,51,57)(H,52,56)/t39-,40-,41-,42-,43-/m0/s1. The Labute approximate surface area is 369 Å². The summed E-state index contributed by atoms with van der Waals surface area (Å²) in [6, 6.07) is 23.3. The van der Waals surface area contributed by atoms with Gasteiger partial charge in [0.2, 0.25) is 11.8 Å². The van der Waals surface area contributed by atoms with Crippen molar-refractivity contribution in [1.82, 2.24) is 20.4 Å².